The Hall–Kier alpha value is -1.52. The zero-order valence-corrected chi connectivity index (χ0v) is 9.21. The quantitative estimate of drug-likeness (QED) is 0.805. The molecule has 0 aromatic heterocycles. The van der Waals surface area contributed by atoms with Crippen LogP contribution in [0.4, 0.5) is 13.2 Å². The van der Waals surface area contributed by atoms with E-state index in [0.717, 1.165) is 0 Å². The maximum Gasteiger partial charge on any atom is 0.255 e. The van der Waals surface area contributed by atoms with Gasteiger partial charge in [-0.2, -0.15) is 0 Å². The van der Waals surface area contributed by atoms with Crippen LogP contribution < -0.4 is 5.32 Å². The molecule has 1 N–H and O–H groups in total. The first-order valence-electron chi connectivity index (χ1n) is 5.30. The third-order valence-electron chi connectivity index (χ3n) is 3.14. The molecule has 92 valence electrons. The average molecular weight is 243 g/mol. The van der Waals surface area contributed by atoms with Crippen molar-refractivity contribution in [3.8, 4) is 0 Å². The lowest BCUT2D eigenvalue weighted by Crippen LogP contribution is -2.58. The third-order valence-corrected chi connectivity index (χ3v) is 3.14. The van der Waals surface area contributed by atoms with Crippen LogP contribution in [-0.4, -0.2) is 18.3 Å². The summed E-state index contributed by atoms with van der Waals surface area (Å²) in [6.07, 6.45) is -4.08. The van der Waals surface area contributed by atoms with Gasteiger partial charge in [0.05, 0.1) is 5.54 Å². The zero-order chi connectivity index (χ0) is 12.6. The van der Waals surface area contributed by atoms with Crippen LogP contribution in [0.1, 0.15) is 18.9 Å². The lowest BCUT2D eigenvalue weighted by atomic mass is 9.81. The summed E-state index contributed by atoms with van der Waals surface area (Å²) in [7, 11) is 0. The minimum atomic E-state index is -1.87. The number of piperidine rings is 1. The number of amides is 1. The van der Waals surface area contributed by atoms with Gasteiger partial charge in [-0.05, 0) is 13.0 Å². The number of nitrogens with one attached hydrogen (secondary N) is 1. The van der Waals surface area contributed by atoms with Gasteiger partial charge in [0.15, 0.2) is 6.17 Å². The summed E-state index contributed by atoms with van der Waals surface area (Å²) in [6, 6.07) is 5.59. The molecule has 0 radical (unpaired) electrons. The Labute approximate surface area is 96.8 Å². The molecule has 0 spiro atoms. The van der Waals surface area contributed by atoms with E-state index >= 15 is 0 Å². The fourth-order valence-corrected chi connectivity index (χ4v) is 2.06. The zero-order valence-electron chi connectivity index (χ0n) is 9.21. The molecule has 1 fully saturated rings. The van der Waals surface area contributed by atoms with Crippen LogP contribution >= 0.6 is 0 Å². The number of hydrogen-bond acceptors (Lipinski definition) is 1. The summed E-state index contributed by atoms with van der Waals surface area (Å²) >= 11 is 0. The summed E-state index contributed by atoms with van der Waals surface area (Å²) in [6.45, 7) is 1.36. The standard InChI is InChI=1S/C12H12F3NO/c1-12(7-4-2-3-5-8(7)13)10(15)6-9(14)11(17)16-12/h2-5,9-10H,6H2,1H3,(H,16,17)/t9?,10-,12+/m0/s1. The fraction of sp³-hybridized carbons (Fsp3) is 0.417. The summed E-state index contributed by atoms with van der Waals surface area (Å²) in [5, 5.41) is 2.22. The lowest BCUT2D eigenvalue weighted by Gasteiger charge is -2.39. The van der Waals surface area contributed by atoms with E-state index in [1.165, 1.54) is 25.1 Å². The van der Waals surface area contributed by atoms with Gasteiger partial charge in [0.1, 0.15) is 12.0 Å². The van der Waals surface area contributed by atoms with E-state index in [1.807, 2.05) is 0 Å². The van der Waals surface area contributed by atoms with Crippen LogP contribution in [0, 0.1) is 5.82 Å². The summed E-state index contributed by atoms with van der Waals surface area (Å²) < 4.78 is 40.5. The second-order valence-corrected chi connectivity index (χ2v) is 4.34. The minimum Gasteiger partial charge on any atom is -0.341 e. The van der Waals surface area contributed by atoms with Gasteiger partial charge >= 0.3 is 0 Å². The molecule has 1 aromatic carbocycles. The molecule has 1 aliphatic rings. The van der Waals surface area contributed by atoms with Gasteiger partial charge in [-0.15, -0.1) is 0 Å². The third kappa shape index (κ3) is 1.90. The molecular formula is C12H12F3NO. The molecule has 0 aliphatic carbocycles. The molecule has 1 amide bonds. The molecule has 1 heterocycles. The summed E-state index contributed by atoms with van der Waals surface area (Å²) in [5.41, 5.74) is -1.47. The maximum atomic E-state index is 13.9. The molecule has 3 atom stereocenters. The summed E-state index contributed by atoms with van der Waals surface area (Å²) in [4.78, 5) is 11.3. The Bertz CT molecular complexity index is 451. The van der Waals surface area contributed by atoms with Crippen molar-refractivity contribution >= 4 is 5.91 Å². The van der Waals surface area contributed by atoms with Crippen LogP contribution in [0.5, 0.6) is 0 Å². The SMILES string of the molecule is C[C@]1(c2ccccc2F)NC(=O)C(F)C[C@@H]1F. The van der Waals surface area contributed by atoms with Crippen molar-refractivity contribution in [3.05, 3.63) is 35.6 Å². The monoisotopic (exact) mass is 243 g/mol. The highest BCUT2D eigenvalue weighted by Gasteiger charge is 2.46. The van der Waals surface area contributed by atoms with E-state index in [4.69, 9.17) is 0 Å². The number of benzene rings is 1. The Morgan fingerprint density at radius 2 is 2.00 bits per heavy atom. The van der Waals surface area contributed by atoms with Gasteiger partial charge in [0.25, 0.3) is 5.91 Å². The van der Waals surface area contributed by atoms with Gasteiger partial charge in [0.2, 0.25) is 0 Å². The van der Waals surface area contributed by atoms with Gasteiger partial charge < -0.3 is 5.32 Å². The van der Waals surface area contributed by atoms with Crippen molar-refractivity contribution < 1.29 is 18.0 Å². The van der Waals surface area contributed by atoms with Crippen molar-refractivity contribution in [1.29, 1.82) is 0 Å². The normalized spacial score (nSPS) is 33.3. The number of alkyl halides is 2. The summed E-state index contributed by atoms with van der Waals surface area (Å²) in [5.74, 6) is -1.51. The highest BCUT2D eigenvalue weighted by molar-refractivity contribution is 5.82. The number of carbonyl (C=O) groups is 1. The number of halogens is 3. The van der Waals surface area contributed by atoms with Crippen molar-refractivity contribution in [2.45, 2.75) is 31.2 Å². The Balaban J connectivity index is 2.42. The Morgan fingerprint density at radius 3 is 2.65 bits per heavy atom. The van der Waals surface area contributed by atoms with E-state index in [-0.39, 0.29) is 5.56 Å². The van der Waals surface area contributed by atoms with Crippen LogP contribution in [-0.2, 0) is 10.3 Å². The highest BCUT2D eigenvalue weighted by Crippen LogP contribution is 2.35. The predicted molar refractivity (Wildman–Crippen MR) is 56.3 cm³/mol. The molecule has 0 saturated carbocycles. The van der Waals surface area contributed by atoms with Gasteiger partial charge in [-0.25, -0.2) is 13.2 Å². The topological polar surface area (TPSA) is 29.1 Å². The molecule has 17 heavy (non-hydrogen) atoms. The van der Waals surface area contributed by atoms with Crippen molar-refractivity contribution in [2.75, 3.05) is 0 Å². The van der Waals surface area contributed by atoms with Gasteiger partial charge in [-0.1, -0.05) is 18.2 Å². The van der Waals surface area contributed by atoms with Crippen LogP contribution in [0.3, 0.4) is 0 Å². The fourth-order valence-electron chi connectivity index (χ4n) is 2.06. The first kappa shape index (κ1) is 12.0. The van der Waals surface area contributed by atoms with E-state index in [2.05, 4.69) is 5.32 Å². The van der Waals surface area contributed by atoms with E-state index in [9.17, 15) is 18.0 Å². The minimum absolute atomic E-state index is 0.0350. The lowest BCUT2D eigenvalue weighted by molar-refractivity contribution is -0.134. The number of carbonyl (C=O) groups excluding carboxylic acids is 1. The molecular weight excluding hydrogens is 231 g/mol. The molecule has 2 nitrogen and oxygen atoms in total. The molecule has 1 aromatic rings. The maximum absolute atomic E-state index is 13.9. The highest BCUT2D eigenvalue weighted by atomic mass is 19.1. The second-order valence-electron chi connectivity index (χ2n) is 4.34. The average Bonchev–Trinajstić information content (AvgIpc) is 2.27. The van der Waals surface area contributed by atoms with E-state index < -0.39 is 36.0 Å². The van der Waals surface area contributed by atoms with E-state index in [0.29, 0.717) is 0 Å². The molecule has 1 aliphatic heterocycles. The van der Waals surface area contributed by atoms with Crippen LogP contribution in [0.15, 0.2) is 24.3 Å². The second kappa shape index (κ2) is 4.05. The van der Waals surface area contributed by atoms with Crippen molar-refractivity contribution in [2.24, 2.45) is 0 Å². The van der Waals surface area contributed by atoms with Crippen molar-refractivity contribution in [1.82, 2.24) is 5.32 Å². The van der Waals surface area contributed by atoms with Crippen LogP contribution in [0.2, 0.25) is 0 Å². The first-order chi connectivity index (χ1) is 7.95. The molecule has 1 saturated heterocycles. The molecule has 2 rings (SSSR count). The Kier molecular flexibility index (Phi) is 2.85. The number of hydrogen-bond donors (Lipinski definition) is 1. The van der Waals surface area contributed by atoms with Gasteiger partial charge in [0, 0.05) is 12.0 Å². The predicted octanol–water partition coefficient (Wildman–Crippen LogP) is 2.24. The molecule has 5 heteroatoms. The number of rotatable bonds is 1. The van der Waals surface area contributed by atoms with Gasteiger partial charge in [-0.3, -0.25) is 4.79 Å². The largest absolute Gasteiger partial charge is 0.341 e. The Morgan fingerprint density at radius 1 is 1.35 bits per heavy atom. The molecule has 0 bridgehead atoms. The van der Waals surface area contributed by atoms with Crippen molar-refractivity contribution in [3.63, 3.8) is 0 Å². The first-order valence-corrected chi connectivity index (χ1v) is 5.30. The molecule has 1 unspecified atom stereocenters. The smallest absolute Gasteiger partial charge is 0.255 e. The van der Waals surface area contributed by atoms with E-state index in [1.54, 1.807) is 6.07 Å². The van der Waals surface area contributed by atoms with Crippen LogP contribution in [0.25, 0.3) is 0 Å².